The number of carbonyl (C=O) groups is 3. The Morgan fingerprint density at radius 2 is 1.78 bits per heavy atom. The summed E-state index contributed by atoms with van der Waals surface area (Å²) in [6, 6.07) is 11.5. The highest BCUT2D eigenvalue weighted by Gasteiger charge is 2.26. The molecule has 0 aliphatic rings. The summed E-state index contributed by atoms with van der Waals surface area (Å²) in [5, 5.41) is 11.1. The molecule has 0 saturated heterocycles. The molecule has 1 unspecified atom stereocenters. The van der Waals surface area contributed by atoms with E-state index in [1.54, 1.807) is 30.3 Å². The van der Waals surface area contributed by atoms with Gasteiger partial charge in [-0.15, -0.1) is 0 Å². The molecule has 0 heterocycles. The van der Waals surface area contributed by atoms with Crippen LogP contribution >= 0.6 is 11.6 Å². The van der Waals surface area contributed by atoms with Gasteiger partial charge in [0, 0.05) is 16.7 Å². The van der Waals surface area contributed by atoms with Crippen molar-refractivity contribution in [2.45, 2.75) is 13.0 Å². The average Bonchev–Trinajstić information content (AvgIpc) is 2.66. The van der Waals surface area contributed by atoms with Gasteiger partial charge in [0.2, 0.25) is 0 Å². The Morgan fingerprint density at radius 3 is 2.41 bits per heavy atom. The van der Waals surface area contributed by atoms with E-state index in [0.29, 0.717) is 5.56 Å². The Morgan fingerprint density at radius 1 is 1.11 bits per heavy atom. The molecule has 0 aliphatic heterocycles. The van der Waals surface area contributed by atoms with Crippen LogP contribution in [0.3, 0.4) is 0 Å². The first-order chi connectivity index (χ1) is 12.8. The van der Waals surface area contributed by atoms with Crippen LogP contribution in [0.25, 0.3) is 0 Å². The van der Waals surface area contributed by atoms with Gasteiger partial charge in [-0.3, -0.25) is 30.6 Å². The van der Waals surface area contributed by atoms with Crippen molar-refractivity contribution in [3.8, 4) is 0 Å². The largest absolute Gasteiger partial charge is 0.449 e. The van der Waals surface area contributed by atoms with Crippen LogP contribution in [0, 0.1) is 10.1 Å². The standard InChI is InChI=1S/C17H14ClN3O6/c1-10(15(22)19-20-16(23)11-5-3-2-4-6-11)27-17(24)13-8-7-12(18)9-14(13)21(25)26/h2-10H,1H3,(H,19,22)(H,20,23). The van der Waals surface area contributed by atoms with Gasteiger partial charge in [0.25, 0.3) is 17.5 Å². The van der Waals surface area contributed by atoms with Crippen LogP contribution in [0.1, 0.15) is 27.6 Å². The van der Waals surface area contributed by atoms with Gasteiger partial charge in [-0.25, -0.2) is 4.79 Å². The van der Waals surface area contributed by atoms with E-state index in [9.17, 15) is 24.5 Å². The number of hydrogen-bond acceptors (Lipinski definition) is 6. The Bertz CT molecular complexity index is 887. The highest BCUT2D eigenvalue weighted by molar-refractivity contribution is 6.31. The number of nitro groups is 1. The summed E-state index contributed by atoms with van der Waals surface area (Å²) in [6.45, 7) is 1.25. The second-order valence-electron chi connectivity index (χ2n) is 5.28. The van der Waals surface area contributed by atoms with Crippen molar-refractivity contribution in [3.63, 3.8) is 0 Å². The number of hydrazine groups is 1. The Labute approximate surface area is 158 Å². The van der Waals surface area contributed by atoms with Crippen molar-refractivity contribution >= 4 is 35.1 Å². The maximum Gasteiger partial charge on any atom is 0.345 e. The number of ether oxygens (including phenoxy) is 1. The smallest absolute Gasteiger partial charge is 0.345 e. The molecule has 0 bridgehead atoms. The molecule has 2 amide bonds. The van der Waals surface area contributed by atoms with E-state index in [4.69, 9.17) is 16.3 Å². The number of nitrogens with one attached hydrogen (secondary N) is 2. The lowest BCUT2D eigenvalue weighted by molar-refractivity contribution is -0.385. The molecule has 0 aromatic heterocycles. The molecule has 140 valence electrons. The number of hydrogen-bond donors (Lipinski definition) is 2. The van der Waals surface area contributed by atoms with Crippen LogP contribution in [0.5, 0.6) is 0 Å². The number of nitro benzene ring substituents is 1. The van der Waals surface area contributed by atoms with Gasteiger partial charge in [0.1, 0.15) is 5.56 Å². The van der Waals surface area contributed by atoms with E-state index in [1.807, 2.05) is 0 Å². The number of esters is 1. The van der Waals surface area contributed by atoms with Crippen molar-refractivity contribution < 1.29 is 24.0 Å². The summed E-state index contributed by atoms with van der Waals surface area (Å²) in [6.07, 6.45) is -1.32. The SMILES string of the molecule is CC(OC(=O)c1ccc(Cl)cc1[N+](=O)[O-])C(=O)NNC(=O)c1ccccc1. The molecule has 0 aliphatic carbocycles. The quantitative estimate of drug-likeness (QED) is 0.457. The van der Waals surface area contributed by atoms with Crippen LogP contribution in [-0.4, -0.2) is 28.8 Å². The topological polar surface area (TPSA) is 128 Å². The normalized spacial score (nSPS) is 11.2. The van der Waals surface area contributed by atoms with Gasteiger partial charge in [-0.2, -0.15) is 0 Å². The third-order valence-corrected chi connectivity index (χ3v) is 3.60. The van der Waals surface area contributed by atoms with Gasteiger partial charge in [-0.1, -0.05) is 29.8 Å². The van der Waals surface area contributed by atoms with E-state index in [0.717, 1.165) is 12.1 Å². The molecule has 9 nitrogen and oxygen atoms in total. The zero-order chi connectivity index (χ0) is 20.0. The first-order valence-electron chi connectivity index (χ1n) is 7.59. The molecule has 2 aromatic carbocycles. The van der Waals surface area contributed by atoms with E-state index in [1.165, 1.54) is 13.0 Å². The summed E-state index contributed by atoms with van der Waals surface area (Å²) < 4.78 is 4.92. The van der Waals surface area contributed by atoms with E-state index in [-0.39, 0.29) is 10.6 Å². The molecule has 0 fully saturated rings. The zero-order valence-corrected chi connectivity index (χ0v) is 14.7. The minimum atomic E-state index is -1.32. The monoisotopic (exact) mass is 391 g/mol. The third-order valence-electron chi connectivity index (χ3n) is 3.36. The molecular formula is C17H14ClN3O6. The fraction of sp³-hybridized carbons (Fsp3) is 0.118. The lowest BCUT2D eigenvalue weighted by Gasteiger charge is -2.14. The van der Waals surface area contributed by atoms with Crippen molar-refractivity contribution in [2.24, 2.45) is 0 Å². The number of carbonyl (C=O) groups excluding carboxylic acids is 3. The second-order valence-corrected chi connectivity index (χ2v) is 5.71. The minimum Gasteiger partial charge on any atom is -0.449 e. The fourth-order valence-corrected chi connectivity index (χ4v) is 2.15. The highest BCUT2D eigenvalue weighted by atomic mass is 35.5. The molecule has 10 heteroatoms. The van der Waals surface area contributed by atoms with Crippen LogP contribution in [0.4, 0.5) is 5.69 Å². The van der Waals surface area contributed by atoms with Crippen LogP contribution in [0.15, 0.2) is 48.5 Å². The van der Waals surface area contributed by atoms with Gasteiger partial charge < -0.3 is 4.74 Å². The van der Waals surface area contributed by atoms with Crippen molar-refractivity contribution in [2.75, 3.05) is 0 Å². The molecule has 0 spiro atoms. The summed E-state index contributed by atoms with van der Waals surface area (Å²) in [7, 11) is 0. The minimum absolute atomic E-state index is 0.0765. The van der Waals surface area contributed by atoms with E-state index in [2.05, 4.69) is 10.9 Å². The lowest BCUT2D eigenvalue weighted by atomic mass is 10.2. The van der Waals surface area contributed by atoms with Crippen molar-refractivity contribution in [1.82, 2.24) is 10.9 Å². The fourth-order valence-electron chi connectivity index (χ4n) is 1.99. The second kappa shape index (κ2) is 8.77. The van der Waals surface area contributed by atoms with Gasteiger partial charge in [-0.05, 0) is 31.2 Å². The van der Waals surface area contributed by atoms with E-state index < -0.39 is 34.5 Å². The summed E-state index contributed by atoms with van der Waals surface area (Å²) in [4.78, 5) is 46.2. The Hall–Kier alpha value is -3.46. The van der Waals surface area contributed by atoms with Gasteiger partial charge in [0.15, 0.2) is 6.10 Å². The van der Waals surface area contributed by atoms with E-state index >= 15 is 0 Å². The number of benzene rings is 2. The zero-order valence-electron chi connectivity index (χ0n) is 14.0. The first-order valence-corrected chi connectivity index (χ1v) is 7.97. The van der Waals surface area contributed by atoms with Gasteiger partial charge >= 0.3 is 5.97 Å². The maximum absolute atomic E-state index is 12.1. The van der Waals surface area contributed by atoms with Crippen molar-refractivity contribution in [1.29, 1.82) is 0 Å². The Balaban J connectivity index is 1.97. The summed E-state index contributed by atoms with van der Waals surface area (Å²) in [5.41, 5.74) is 3.71. The number of amides is 2. The molecule has 2 rings (SSSR count). The Kier molecular flexibility index (Phi) is 6.45. The highest BCUT2D eigenvalue weighted by Crippen LogP contribution is 2.24. The first kappa shape index (κ1) is 19.9. The van der Waals surface area contributed by atoms with Gasteiger partial charge in [0.05, 0.1) is 4.92 Å². The van der Waals surface area contributed by atoms with Crippen LogP contribution in [-0.2, 0) is 9.53 Å². The van der Waals surface area contributed by atoms with Crippen LogP contribution in [0.2, 0.25) is 5.02 Å². The predicted molar refractivity (Wildman–Crippen MR) is 95.0 cm³/mol. The maximum atomic E-state index is 12.1. The molecule has 2 N–H and O–H groups in total. The average molecular weight is 392 g/mol. The number of halogens is 1. The molecular weight excluding hydrogens is 378 g/mol. The van der Waals surface area contributed by atoms with Crippen molar-refractivity contribution in [3.05, 3.63) is 74.8 Å². The third kappa shape index (κ3) is 5.25. The molecule has 27 heavy (non-hydrogen) atoms. The molecule has 0 saturated carbocycles. The molecule has 1 atom stereocenters. The lowest BCUT2D eigenvalue weighted by Crippen LogP contribution is -2.46. The van der Waals surface area contributed by atoms with Crippen LogP contribution < -0.4 is 10.9 Å². The predicted octanol–water partition coefficient (Wildman–Crippen LogP) is 2.25. The summed E-state index contributed by atoms with van der Waals surface area (Å²) in [5.74, 6) is -2.45. The number of nitrogens with zero attached hydrogens (tertiary/aromatic N) is 1. The number of rotatable bonds is 5. The molecule has 2 aromatic rings. The summed E-state index contributed by atoms with van der Waals surface area (Å²) >= 11 is 5.68. The molecule has 0 radical (unpaired) electrons.